The number of pyridine rings is 1. The molecule has 0 atom stereocenters. The summed E-state index contributed by atoms with van der Waals surface area (Å²) in [7, 11) is 1.79. The average Bonchev–Trinajstić information content (AvgIpc) is 2.90. The summed E-state index contributed by atoms with van der Waals surface area (Å²) >= 11 is 0. The van der Waals surface area contributed by atoms with Gasteiger partial charge in [-0.05, 0) is 68.9 Å². The van der Waals surface area contributed by atoms with E-state index in [-0.39, 0.29) is 5.56 Å². The maximum Gasteiger partial charge on any atom is 0.253 e. The Hall–Kier alpha value is -3.54. The van der Waals surface area contributed by atoms with Gasteiger partial charge in [0.25, 0.3) is 5.56 Å². The number of aryl methyl sites for hydroxylation is 1. The van der Waals surface area contributed by atoms with Crippen molar-refractivity contribution in [1.29, 1.82) is 0 Å². The molecule has 0 aromatic carbocycles. The Morgan fingerprint density at radius 1 is 1.22 bits per heavy atom. The van der Waals surface area contributed by atoms with Gasteiger partial charge in [0.05, 0.1) is 0 Å². The highest BCUT2D eigenvalue weighted by Crippen LogP contribution is 2.30. The standard InChI is InChI=1S/C31H41N5O/c1-8-11-12-15-32-19-25(10-3)26-18-27-21-36(16-14-28(27)33-20-26)29(13-9-2)23(5)24(6)31-34-22(4)17-30(37)35(31)7/h10,12-13,15,17-20H,8-9,11,14,16,21H2,1-7H3/b15-12+,24-23-,25-10+,29-13-,32-19+. The van der Waals surface area contributed by atoms with Crippen molar-refractivity contribution in [3.8, 4) is 0 Å². The van der Waals surface area contributed by atoms with E-state index in [2.05, 4.69) is 66.9 Å². The Morgan fingerprint density at radius 2 is 2.00 bits per heavy atom. The van der Waals surface area contributed by atoms with Gasteiger partial charge in [-0.15, -0.1) is 0 Å². The number of hydrogen-bond acceptors (Lipinski definition) is 5. The lowest BCUT2D eigenvalue weighted by atomic mass is 9.98. The van der Waals surface area contributed by atoms with E-state index < -0.39 is 0 Å². The van der Waals surface area contributed by atoms with Gasteiger partial charge in [-0.2, -0.15) is 0 Å². The van der Waals surface area contributed by atoms with Crippen molar-refractivity contribution in [2.45, 2.75) is 73.8 Å². The number of aromatic nitrogens is 3. The Labute approximate surface area is 221 Å². The van der Waals surface area contributed by atoms with E-state index in [1.165, 1.54) is 11.3 Å². The zero-order valence-corrected chi connectivity index (χ0v) is 23.5. The van der Waals surface area contributed by atoms with Crippen LogP contribution in [0.15, 0.2) is 63.8 Å². The van der Waals surface area contributed by atoms with Crippen molar-refractivity contribution in [1.82, 2.24) is 19.4 Å². The van der Waals surface area contributed by atoms with E-state index >= 15 is 0 Å². The van der Waals surface area contributed by atoms with Gasteiger partial charge in [-0.1, -0.05) is 38.5 Å². The Kier molecular flexibility index (Phi) is 9.95. The number of fused-ring (bicyclic) bond motifs is 1. The molecule has 3 heterocycles. The summed E-state index contributed by atoms with van der Waals surface area (Å²) in [6.07, 6.45) is 16.2. The molecule has 0 N–H and O–H groups in total. The lowest BCUT2D eigenvalue weighted by Gasteiger charge is -2.33. The third kappa shape index (κ3) is 6.82. The molecule has 0 amide bonds. The van der Waals surface area contributed by atoms with Crippen molar-refractivity contribution < 1.29 is 0 Å². The number of hydrogen-bond donors (Lipinski definition) is 0. The van der Waals surface area contributed by atoms with Crippen LogP contribution in [0.2, 0.25) is 0 Å². The van der Waals surface area contributed by atoms with E-state index in [0.29, 0.717) is 0 Å². The molecule has 37 heavy (non-hydrogen) atoms. The van der Waals surface area contributed by atoms with Crippen LogP contribution in [0.25, 0.3) is 11.1 Å². The first-order chi connectivity index (χ1) is 17.8. The van der Waals surface area contributed by atoms with Gasteiger partial charge in [-0.25, -0.2) is 4.98 Å². The molecule has 0 saturated heterocycles. The monoisotopic (exact) mass is 499 g/mol. The van der Waals surface area contributed by atoms with Crippen LogP contribution in [0.5, 0.6) is 0 Å². The summed E-state index contributed by atoms with van der Waals surface area (Å²) in [5.74, 6) is 0.718. The smallest absolute Gasteiger partial charge is 0.253 e. The van der Waals surface area contributed by atoms with E-state index in [1.807, 2.05) is 32.5 Å². The molecule has 6 heteroatoms. The first-order valence-electron chi connectivity index (χ1n) is 13.3. The van der Waals surface area contributed by atoms with Gasteiger partial charge in [-0.3, -0.25) is 19.3 Å². The fourth-order valence-electron chi connectivity index (χ4n) is 4.59. The van der Waals surface area contributed by atoms with E-state index in [1.54, 1.807) is 17.7 Å². The van der Waals surface area contributed by atoms with Crippen LogP contribution < -0.4 is 5.56 Å². The normalized spacial score (nSPS) is 15.5. The molecule has 0 bridgehead atoms. The largest absolute Gasteiger partial charge is 0.367 e. The second-order valence-electron chi connectivity index (χ2n) is 9.56. The van der Waals surface area contributed by atoms with Crippen LogP contribution in [0.4, 0.5) is 0 Å². The zero-order valence-electron chi connectivity index (χ0n) is 23.5. The molecule has 196 valence electrons. The number of aliphatic imine (C=N–C) groups is 1. The van der Waals surface area contributed by atoms with Crippen LogP contribution in [0.3, 0.4) is 0 Å². The molecule has 2 aromatic heterocycles. The fourth-order valence-corrected chi connectivity index (χ4v) is 4.59. The molecular formula is C31H41N5O. The van der Waals surface area contributed by atoms with Crippen molar-refractivity contribution in [2.75, 3.05) is 6.54 Å². The van der Waals surface area contributed by atoms with Gasteiger partial charge in [0, 0.05) is 73.9 Å². The molecule has 0 aliphatic carbocycles. The van der Waals surface area contributed by atoms with Gasteiger partial charge in [0.2, 0.25) is 0 Å². The predicted octanol–water partition coefficient (Wildman–Crippen LogP) is 6.42. The molecule has 0 unspecified atom stereocenters. The summed E-state index contributed by atoms with van der Waals surface area (Å²) < 4.78 is 1.63. The van der Waals surface area contributed by atoms with Crippen molar-refractivity contribution >= 4 is 17.4 Å². The van der Waals surface area contributed by atoms with Crippen LogP contribution in [0.1, 0.15) is 82.2 Å². The molecule has 6 nitrogen and oxygen atoms in total. The topological polar surface area (TPSA) is 63.4 Å². The minimum atomic E-state index is -0.0367. The SMILES string of the molecule is C\C=C(/C=N/C=C/CCC)c1cnc2c(c1)CN(C(=C\CC)/C(C)=C(/C)c1nc(C)cc(=O)n1C)CC2. The van der Waals surface area contributed by atoms with Crippen LogP contribution >= 0.6 is 0 Å². The second-order valence-corrected chi connectivity index (χ2v) is 9.56. The molecule has 0 radical (unpaired) electrons. The highest BCUT2D eigenvalue weighted by Gasteiger charge is 2.22. The predicted molar refractivity (Wildman–Crippen MR) is 155 cm³/mol. The maximum absolute atomic E-state index is 12.4. The number of allylic oxidation sites excluding steroid dienone is 6. The van der Waals surface area contributed by atoms with E-state index in [4.69, 9.17) is 4.98 Å². The summed E-state index contributed by atoms with van der Waals surface area (Å²) in [6.45, 7) is 14.1. The van der Waals surface area contributed by atoms with Crippen LogP contribution in [0, 0.1) is 6.92 Å². The molecule has 0 fully saturated rings. The number of nitrogens with zero attached hydrogens (tertiary/aromatic N) is 5. The maximum atomic E-state index is 12.4. The first kappa shape index (κ1) is 28.0. The molecule has 1 aliphatic heterocycles. The minimum absolute atomic E-state index is 0.0367. The molecule has 0 saturated carbocycles. The van der Waals surface area contributed by atoms with E-state index in [0.717, 1.165) is 78.3 Å². The molecule has 1 aliphatic rings. The Bertz CT molecular complexity index is 1320. The molecule has 3 rings (SSSR count). The Morgan fingerprint density at radius 3 is 2.70 bits per heavy atom. The zero-order chi connectivity index (χ0) is 26.9. The summed E-state index contributed by atoms with van der Waals surface area (Å²) in [5, 5.41) is 0. The summed E-state index contributed by atoms with van der Waals surface area (Å²) in [5.41, 5.74) is 8.60. The molecule has 0 spiro atoms. The highest BCUT2D eigenvalue weighted by atomic mass is 16.1. The quantitative estimate of drug-likeness (QED) is 0.295. The van der Waals surface area contributed by atoms with E-state index in [9.17, 15) is 4.79 Å². The second kappa shape index (κ2) is 13.1. The highest BCUT2D eigenvalue weighted by molar-refractivity contribution is 6.09. The van der Waals surface area contributed by atoms with Gasteiger partial charge >= 0.3 is 0 Å². The van der Waals surface area contributed by atoms with Gasteiger partial charge < -0.3 is 4.90 Å². The van der Waals surface area contributed by atoms with Crippen molar-refractivity contribution in [3.05, 3.63) is 92.7 Å². The summed E-state index contributed by atoms with van der Waals surface area (Å²) in [6, 6.07) is 3.83. The minimum Gasteiger partial charge on any atom is -0.367 e. The van der Waals surface area contributed by atoms with Gasteiger partial charge in [0.15, 0.2) is 0 Å². The van der Waals surface area contributed by atoms with Gasteiger partial charge in [0.1, 0.15) is 5.82 Å². The third-order valence-corrected chi connectivity index (χ3v) is 6.83. The average molecular weight is 500 g/mol. The summed E-state index contributed by atoms with van der Waals surface area (Å²) in [4.78, 5) is 28.8. The molecule has 2 aromatic rings. The lowest BCUT2D eigenvalue weighted by Crippen LogP contribution is -2.31. The van der Waals surface area contributed by atoms with Crippen molar-refractivity contribution in [3.63, 3.8) is 0 Å². The van der Waals surface area contributed by atoms with Crippen LogP contribution in [-0.4, -0.2) is 32.2 Å². The van der Waals surface area contributed by atoms with Crippen LogP contribution in [-0.2, 0) is 20.0 Å². The number of rotatable bonds is 9. The first-order valence-corrected chi connectivity index (χ1v) is 13.3. The Balaban J connectivity index is 1.92. The fraction of sp³-hybridized carbons (Fsp3) is 0.419. The third-order valence-electron chi connectivity index (χ3n) is 6.83. The number of unbranched alkanes of at least 4 members (excludes halogenated alkanes) is 1. The molecular weight excluding hydrogens is 458 g/mol. The van der Waals surface area contributed by atoms with Crippen molar-refractivity contribution in [2.24, 2.45) is 12.0 Å². The lowest BCUT2D eigenvalue weighted by molar-refractivity contribution is 0.324.